The van der Waals surface area contributed by atoms with Crippen molar-refractivity contribution >= 4 is 11.9 Å². The first-order valence-electron chi connectivity index (χ1n) is 8.24. The van der Waals surface area contributed by atoms with Crippen molar-refractivity contribution in [3.8, 4) is 12.1 Å². The average Bonchev–Trinajstić information content (AvgIpc) is 2.77. The highest BCUT2D eigenvalue weighted by Crippen LogP contribution is 2.15. The van der Waals surface area contributed by atoms with E-state index in [1.165, 1.54) is 18.2 Å². The molecule has 0 bridgehead atoms. The van der Waals surface area contributed by atoms with E-state index in [2.05, 4.69) is 24.6 Å². The number of rotatable bonds is 11. The molecule has 0 aliphatic carbocycles. The molecule has 0 amide bonds. The predicted octanol–water partition coefficient (Wildman–Crippen LogP) is 3.04. The van der Waals surface area contributed by atoms with Gasteiger partial charge >= 0.3 is 11.9 Å². The molecule has 0 atom stereocenters. The minimum Gasteiger partial charge on any atom is -0.456 e. The van der Waals surface area contributed by atoms with Crippen molar-refractivity contribution in [2.24, 2.45) is 0 Å². The minimum atomic E-state index is -0.800. The summed E-state index contributed by atoms with van der Waals surface area (Å²) in [5, 5.41) is 17.4. The van der Waals surface area contributed by atoms with E-state index in [0.717, 1.165) is 0 Å². The van der Waals surface area contributed by atoms with E-state index in [4.69, 9.17) is 36.3 Å². The molecule has 0 saturated carbocycles. The van der Waals surface area contributed by atoms with E-state index in [9.17, 15) is 9.59 Å². The van der Waals surface area contributed by atoms with Crippen molar-refractivity contribution in [2.45, 2.75) is 6.61 Å². The summed E-state index contributed by atoms with van der Waals surface area (Å²) in [4.78, 5) is 37.4. The van der Waals surface area contributed by atoms with Gasteiger partial charge in [-0.15, -0.1) is 0 Å². The lowest BCUT2D eigenvalue weighted by atomic mass is 10.1. The van der Waals surface area contributed by atoms with Gasteiger partial charge in [0.05, 0.1) is 41.0 Å². The molecule has 9 heteroatoms. The Morgan fingerprint density at radius 1 is 0.900 bits per heavy atom. The van der Waals surface area contributed by atoms with Gasteiger partial charge in [0.1, 0.15) is 26.4 Å². The molecule has 0 aliphatic heterocycles. The molecule has 0 aromatic heterocycles. The molecule has 1 aromatic carbocycles. The van der Waals surface area contributed by atoms with Crippen LogP contribution in [0.4, 0.5) is 0 Å². The molecule has 30 heavy (non-hydrogen) atoms. The highest BCUT2D eigenvalue weighted by Gasteiger charge is 2.16. The van der Waals surface area contributed by atoms with Crippen molar-refractivity contribution in [2.75, 3.05) is 19.8 Å². The van der Waals surface area contributed by atoms with Gasteiger partial charge in [-0.2, -0.15) is 10.5 Å². The third-order valence-corrected chi connectivity index (χ3v) is 3.23. The third kappa shape index (κ3) is 8.20. The molecule has 0 N–H and O–H groups in total. The number of carbonyl (C=O) groups excluding carboxylic acids is 2. The Balaban J connectivity index is 2.99. The molecule has 0 saturated heterocycles. The molecule has 152 valence electrons. The smallest absolute Gasteiger partial charge is 0.338 e. The van der Waals surface area contributed by atoms with Crippen molar-refractivity contribution in [1.29, 1.82) is 10.5 Å². The average molecular weight is 407 g/mol. The first kappa shape index (κ1) is 23.8. The lowest BCUT2D eigenvalue weighted by Gasteiger charge is -2.10. The Morgan fingerprint density at radius 2 is 1.40 bits per heavy atom. The third-order valence-electron chi connectivity index (χ3n) is 3.23. The first-order chi connectivity index (χ1) is 14.3. The molecule has 1 aromatic rings. The predicted molar refractivity (Wildman–Crippen MR) is 103 cm³/mol. The summed E-state index contributed by atoms with van der Waals surface area (Å²) >= 11 is 0. The second kappa shape index (κ2) is 12.3. The number of carbonyl (C=O) groups is 2. The lowest BCUT2D eigenvalue weighted by Crippen LogP contribution is -2.12. The molecule has 9 nitrogen and oxygen atoms in total. The van der Waals surface area contributed by atoms with Gasteiger partial charge in [0.15, 0.2) is 5.70 Å². The summed E-state index contributed by atoms with van der Waals surface area (Å²) in [5.41, 5.74) is 0.587. The van der Waals surface area contributed by atoms with E-state index in [-0.39, 0.29) is 54.4 Å². The quantitative estimate of drug-likeness (QED) is 0.137. The Morgan fingerprint density at radius 3 is 1.83 bits per heavy atom. The largest absolute Gasteiger partial charge is 0.456 e. The highest BCUT2D eigenvalue weighted by molar-refractivity contribution is 5.95. The normalized spacial score (nSPS) is 9.37. The van der Waals surface area contributed by atoms with Gasteiger partial charge in [-0.05, 0) is 23.8 Å². The summed E-state index contributed by atoms with van der Waals surface area (Å²) in [6.07, 6.45) is 0. The number of hydrogen-bond donors (Lipinski definition) is 0. The summed E-state index contributed by atoms with van der Waals surface area (Å²) in [6.45, 7) is 16.1. The van der Waals surface area contributed by atoms with Gasteiger partial charge in [0.25, 0.3) is 0 Å². The summed E-state index contributed by atoms with van der Waals surface area (Å²) < 4.78 is 9.94. The maximum absolute atomic E-state index is 12.3. The molecule has 0 heterocycles. The van der Waals surface area contributed by atoms with Gasteiger partial charge in [0.2, 0.25) is 0 Å². The van der Waals surface area contributed by atoms with Crippen LogP contribution in [0.5, 0.6) is 0 Å². The molecule has 0 aliphatic rings. The van der Waals surface area contributed by atoms with Gasteiger partial charge in [-0.1, -0.05) is 19.7 Å². The van der Waals surface area contributed by atoms with Crippen LogP contribution >= 0.6 is 0 Å². The van der Waals surface area contributed by atoms with Crippen LogP contribution in [-0.4, -0.2) is 31.8 Å². The lowest BCUT2D eigenvalue weighted by molar-refractivity contribution is -0.297. The zero-order chi connectivity index (χ0) is 22.5. The number of benzene rings is 1. The fourth-order valence-electron chi connectivity index (χ4n) is 1.80. The Labute approximate surface area is 173 Å². The summed E-state index contributed by atoms with van der Waals surface area (Å²) in [5.74, 6) is -1.60. The van der Waals surface area contributed by atoms with Crippen LogP contribution in [0.15, 0.2) is 54.8 Å². The Bertz CT molecular complexity index is 931. The molecular weight excluding hydrogens is 390 g/mol. The molecule has 0 unspecified atom stereocenters. The number of nitrogens with zero attached hydrogens (tertiary/aromatic N) is 3. The number of ether oxygens (including phenoxy) is 2. The van der Waals surface area contributed by atoms with Crippen molar-refractivity contribution in [1.82, 2.24) is 0 Å². The van der Waals surface area contributed by atoms with Crippen molar-refractivity contribution < 1.29 is 28.8 Å². The maximum atomic E-state index is 12.3. The van der Waals surface area contributed by atoms with E-state index in [0.29, 0.717) is 5.56 Å². The molecule has 1 rings (SSSR count). The van der Waals surface area contributed by atoms with E-state index in [1.807, 2.05) is 0 Å². The summed E-state index contributed by atoms with van der Waals surface area (Å²) in [7, 11) is 0. The van der Waals surface area contributed by atoms with E-state index >= 15 is 0 Å². The van der Waals surface area contributed by atoms with Crippen LogP contribution in [0, 0.1) is 29.2 Å². The van der Waals surface area contributed by atoms with Gasteiger partial charge in [-0.25, -0.2) is 24.2 Å². The standard InChI is InChI=1S/C21H17N3O6/c1-14(8-22)10-27-20(25)18-5-17(13-30-29-12-16(3)24-4)6-19(7-18)21(26)28-11-15(2)9-23/h5-7H,1-3,10-13H2. The minimum absolute atomic E-state index is 0.00142. The van der Waals surface area contributed by atoms with Crippen LogP contribution in [0.25, 0.3) is 4.85 Å². The van der Waals surface area contributed by atoms with E-state index < -0.39 is 11.9 Å². The first-order valence-corrected chi connectivity index (χ1v) is 8.24. The Hall–Kier alpha value is -4.23. The number of nitriles is 2. The number of hydrogen-bond acceptors (Lipinski definition) is 8. The van der Waals surface area contributed by atoms with Gasteiger partial charge in [0, 0.05) is 0 Å². The van der Waals surface area contributed by atoms with Crippen LogP contribution < -0.4 is 0 Å². The number of esters is 2. The Kier molecular flexibility index (Phi) is 9.74. The second-order valence-electron chi connectivity index (χ2n) is 5.70. The zero-order valence-corrected chi connectivity index (χ0v) is 16.0. The van der Waals surface area contributed by atoms with Gasteiger partial charge in [-0.3, -0.25) is 0 Å². The maximum Gasteiger partial charge on any atom is 0.338 e. The van der Waals surface area contributed by atoms with Crippen molar-refractivity contribution in [3.63, 3.8) is 0 Å². The van der Waals surface area contributed by atoms with Crippen LogP contribution in [0.3, 0.4) is 0 Å². The molecule has 0 fully saturated rings. The van der Waals surface area contributed by atoms with E-state index in [1.54, 1.807) is 12.1 Å². The van der Waals surface area contributed by atoms with Crippen LogP contribution in [0.2, 0.25) is 0 Å². The summed E-state index contributed by atoms with van der Waals surface area (Å²) in [6, 6.07) is 7.53. The fraction of sp³-hybridized carbons (Fsp3) is 0.190. The molecular formula is C21H17N3O6. The SMILES string of the molecule is [C-]#[N+]C(=C)COOCc1cc(C(=O)OCC(=C)C#N)cc(C(=O)OCC(=C)C#N)c1. The fourth-order valence-corrected chi connectivity index (χ4v) is 1.80. The zero-order valence-electron chi connectivity index (χ0n) is 16.0. The second-order valence-corrected chi connectivity index (χ2v) is 5.70. The molecule has 0 spiro atoms. The van der Waals surface area contributed by atoms with Crippen LogP contribution in [0.1, 0.15) is 26.3 Å². The highest BCUT2D eigenvalue weighted by atomic mass is 17.2. The molecule has 0 radical (unpaired) electrons. The van der Waals surface area contributed by atoms with Gasteiger partial charge < -0.3 is 9.47 Å². The van der Waals surface area contributed by atoms with Crippen molar-refractivity contribution in [3.05, 3.63) is 82.9 Å². The van der Waals surface area contributed by atoms with Crippen LogP contribution in [-0.2, 0) is 25.9 Å². The monoisotopic (exact) mass is 407 g/mol. The topological polar surface area (TPSA) is 123 Å².